The molecule has 0 radical (unpaired) electrons. The van der Waals surface area contributed by atoms with Gasteiger partial charge in [-0.15, -0.1) is 0 Å². The van der Waals surface area contributed by atoms with Crippen molar-refractivity contribution in [3.63, 3.8) is 0 Å². The zero-order valence-electron chi connectivity index (χ0n) is 10.4. The van der Waals surface area contributed by atoms with E-state index in [-0.39, 0.29) is 10.8 Å². The fourth-order valence-electron chi connectivity index (χ4n) is 1.22. The van der Waals surface area contributed by atoms with E-state index in [4.69, 9.17) is 5.26 Å². The fraction of sp³-hybridized carbons (Fsp3) is 0.417. The van der Waals surface area contributed by atoms with Gasteiger partial charge in [-0.25, -0.2) is 12.8 Å². The molecule has 1 atom stereocenters. The first-order valence-electron chi connectivity index (χ1n) is 5.42. The number of rotatable bonds is 4. The molecule has 4 nitrogen and oxygen atoms in total. The summed E-state index contributed by atoms with van der Waals surface area (Å²) in [6.45, 7) is 5.01. The van der Waals surface area contributed by atoms with Crippen LogP contribution in [0.1, 0.15) is 20.8 Å². The van der Waals surface area contributed by atoms with Crippen LogP contribution in [0.4, 0.5) is 4.39 Å². The molecule has 0 aliphatic carbocycles. The Hall–Kier alpha value is -1.45. The van der Waals surface area contributed by atoms with Gasteiger partial charge in [0.05, 0.1) is 11.0 Å². The third-order valence-corrected chi connectivity index (χ3v) is 4.44. The lowest BCUT2D eigenvalue weighted by Crippen LogP contribution is -2.48. The number of hydrogen-bond acceptors (Lipinski definition) is 3. The molecule has 0 heterocycles. The van der Waals surface area contributed by atoms with Gasteiger partial charge in [0.1, 0.15) is 11.4 Å². The lowest BCUT2D eigenvalue weighted by molar-refractivity contribution is 0.389. The highest BCUT2D eigenvalue weighted by atomic mass is 32.2. The van der Waals surface area contributed by atoms with E-state index in [1.54, 1.807) is 13.8 Å². The van der Waals surface area contributed by atoms with Crippen LogP contribution in [0.3, 0.4) is 0 Å². The lowest BCUT2D eigenvalue weighted by Gasteiger charge is -2.26. The number of nitrogens with zero attached hydrogens (tertiary/aromatic N) is 1. The molecule has 18 heavy (non-hydrogen) atoms. The molecular weight excluding hydrogens is 255 g/mol. The first-order valence-corrected chi connectivity index (χ1v) is 6.90. The summed E-state index contributed by atoms with van der Waals surface area (Å²) in [5, 5.41) is 9.07. The van der Waals surface area contributed by atoms with Crippen LogP contribution in [-0.4, -0.2) is 14.0 Å². The Kier molecular flexibility index (Phi) is 4.09. The molecule has 98 valence electrons. The average Bonchev–Trinajstić information content (AvgIpc) is 2.28. The Labute approximate surface area is 106 Å². The summed E-state index contributed by atoms with van der Waals surface area (Å²) in [6, 6.07) is 6.40. The van der Waals surface area contributed by atoms with Gasteiger partial charge < -0.3 is 0 Å². The first-order chi connectivity index (χ1) is 8.21. The highest BCUT2D eigenvalue weighted by molar-refractivity contribution is 7.89. The van der Waals surface area contributed by atoms with Gasteiger partial charge in [0.2, 0.25) is 10.0 Å². The second-order valence-corrected chi connectivity index (χ2v) is 6.21. The van der Waals surface area contributed by atoms with Crippen molar-refractivity contribution in [1.29, 1.82) is 5.26 Å². The predicted molar refractivity (Wildman–Crippen MR) is 65.6 cm³/mol. The van der Waals surface area contributed by atoms with Crippen molar-refractivity contribution in [3.05, 3.63) is 30.1 Å². The molecule has 0 aliphatic rings. The van der Waals surface area contributed by atoms with Gasteiger partial charge in [0.15, 0.2) is 0 Å². The van der Waals surface area contributed by atoms with Crippen molar-refractivity contribution < 1.29 is 12.8 Å². The molecule has 0 saturated heterocycles. The molecule has 6 heteroatoms. The van der Waals surface area contributed by atoms with Gasteiger partial charge in [-0.1, -0.05) is 13.8 Å². The van der Waals surface area contributed by atoms with E-state index >= 15 is 0 Å². The van der Waals surface area contributed by atoms with E-state index in [1.165, 1.54) is 6.92 Å². The van der Waals surface area contributed by atoms with Crippen LogP contribution in [0.5, 0.6) is 0 Å². The quantitative estimate of drug-likeness (QED) is 0.910. The summed E-state index contributed by atoms with van der Waals surface area (Å²) in [5.41, 5.74) is -1.20. The van der Waals surface area contributed by atoms with Crippen LogP contribution >= 0.6 is 0 Å². The minimum atomic E-state index is -3.83. The van der Waals surface area contributed by atoms with E-state index in [1.807, 2.05) is 6.07 Å². The molecule has 0 aromatic heterocycles. The third kappa shape index (κ3) is 3.06. The SMILES string of the molecule is CC(C)[C@](C)(C#N)NS(=O)(=O)c1ccc(F)cc1. The Bertz CT molecular complexity index is 561. The van der Waals surface area contributed by atoms with Crippen LogP contribution in [0, 0.1) is 23.1 Å². The summed E-state index contributed by atoms with van der Waals surface area (Å²) < 4.78 is 39.2. The average molecular weight is 270 g/mol. The van der Waals surface area contributed by atoms with E-state index in [9.17, 15) is 12.8 Å². The summed E-state index contributed by atoms with van der Waals surface area (Å²) >= 11 is 0. The van der Waals surface area contributed by atoms with Crippen molar-refractivity contribution in [3.8, 4) is 6.07 Å². The Balaban J connectivity index is 3.10. The molecule has 1 N–H and O–H groups in total. The van der Waals surface area contributed by atoms with Crippen molar-refractivity contribution in [2.24, 2.45) is 5.92 Å². The van der Waals surface area contributed by atoms with Crippen LogP contribution in [0.15, 0.2) is 29.2 Å². The second-order valence-electron chi connectivity index (χ2n) is 4.53. The molecule has 0 unspecified atom stereocenters. The summed E-state index contributed by atoms with van der Waals surface area (Å²) in [6.07, 6.45) is 0. The van der Waals surface area contributed by atoms with Gasteiger partial charge in [-0.3, -0.25) is 0 Å². The van der Waals surface area contributed by atoms with Gasteiger partial charge in [0, 0.05) is 0 Å². The fourth-order valence-corrected chi connectivity index (χ4v) is 2.67. The van der Waals surface area contributed by atoms with Crippen LogP contribution in [-0.2, 0) is 10.0 Å². The summed E-state index contributed by atoms with van der Waals surface area (Å²) in [5.74, 6) is -0.710. The zero-order valence-corrected chi connectivity index (χ0v) is 11.3. The van der Waals surface area contributed by atoms with Gasteiger partial charge in [0.25, 0.3) is 0 Å². The van der Waals surface area contributed by atoms with Crippen molar-refractivity contribution in [1.82, 2.24) is 4.72 Å². The number of hydrogen-bond donors (Lipinski definition) is 1. The molecule has 0 fully saturated rings. The number of nitrogens with one attached hydrogen (secondary N) is 1. The maximum Gasteiger partial charge on any atom is 0.241 e. The van der Waals surface area contributed by atoms with E-state index in [0.717, 1.165) is 24.3 Å². The molecule has 1 rings (SSSR count). The number of benzene rings is 1. The highest BCUT2D eigenvalue weighted by Gasteiger charge is 2.33. The first kappa shape index (κ1) is 14.6. The van der Waals surface area contributed by atoms with E-state index < -0.39 is 21.4 Å². The van der Waals surface area contributed by atoms with E-state index in [2.05, 4.69) is 4.72 Å². The zero-order chi connectivity index (χ0) is 14.0. The minimum Gasteiger partial charge on any atom is -0.207 e. The maximum atomic E-state index is 12.7. The van der Waals surface area contributed by atoms with Gasteiger partial charge in [-0.05, 0) is 37.1 Å². The van der Waals surface area contributed by atoms with Crippen molar-refractivity contribution in [2.45, 2.75) is 31.2 Å². The predicted octanol–water partition coefficient (Wildman–Crippen LogP) is 2.04. The second kappa shape index (κ2) is 5.04. The molecule has 1 aromatic carbocycles. The Morgan fingerprint density at radius 2 is 1.83 bits per heavy atom. The third-order valence-electron chi connectivity index (χ3n) is 2.86. The molecule has 0 spiro atoms. The van der Waals surface area contributed by atoms with Gasteiger partial charge in [-0.2, -0.15) is 9.98 Å². The topological polar surface area (TPSA) is 70.0 Å². The van der Waals surface area contributed by atoms with Crippen LogP contribution in [0.2, 0.25) is 0 Å². The van der Waals surface area contributed by atoms with Crippen molar-refractivity contribution in [2.75, 3.05) is 0 Å². The maximum absolute atomic E-state index is 12.7. The molecule has 0 aliphatic heterocycles. The van der Waals surface area contributed by atoms with Gasteiger partial charge >= 0.3 is 0 Å². The molecule has 0 saturated carbocycles. The number of sulfonamides is 1. The number of halogens is 1. The summed E-state index contributed by atoms with van der Waals surface area (Å²) in [4.78, 5) is -0.0639. The smallest absolute Gasteiger partial charge is 0.207 e. The highest BCUT2D eigenvalue weighted by Crippen LogP contribution is 2.19. The molecule has 0 bridgehead atoms. The molecule has 0 amide bonds. The van der Waals surface area contributed by atoms with Crippen LogP contribution < -0.4 is 4.72 Å². The minimum absolute atomic E-state index is 0.0639. The standard InChI is InChI=1S/C12H15FN2O2S/c1-9(2)12(3,8-14)15-18(16,17)11-6-4-10(13)5-7-11/h4-7,9,15H,1-3H3/t12-/m0/s1. The molecular formula is C12H15FN2O2S. The lowest BCUT2D eigenvalue weighted by atomic mass is 9.92. The Morgan fingerprint density at radius 1 is 1.33 bits per heavy atom. The van der Waals surface area contributed by atoms with Crippen molar-refractivity contribution >= 4 is 10.0 Å². The molecule has 1 aromatic rings. The monoisotopic (exact) mass is 270 g/mol. The summed E-state index contributed by atoms with van der Waals surface area (Å²) in [7, 11) is -3.83. The normalized spacial score (nSPS) is 15.1. The largest absolute Gasteiger partial charge is 0.241 e. The number of nitriles is 1. The van der Waals surface area contributed by atoms with E-state index in [0.29, 0.717) is 0 Å². The Morgan fingerprint density at radius 3 is 2.22 bits per heavy atom. The van der Waals surface area contributed by atoms with Crippen LogP contribution in [0.25, 0.3) is 0 Å².